The maximum Gasteiger partial charge on any atom is 0.331 e. The van der Waals surface area contributed by atoms with Crippen molar-refractivity contribution in [2.45, 2.75) is 19.9 Å². The molecule has 0 radical (unpaired) electrons. The number of rotatable bonds is 4. The zero-order chi connectivity index (χ0) is 20.5. The Morgan fingerprint density at radius 2 is 1.59 bits per heavy atom. The van der Waals surface area contributed by atoms with Crippen molar-refractivity contribution in [3.05, 3.63) is 106 Å². The van der Waals surface area contributed by atoms with Crippen LogP contribution in [0, 0.1) is 13.8 Å². The fourth-order valence-corrected chi connectivity index (χ4v) is 3.71. The Bertz CT molecular complexity index is 1270. The van der Waals surface area contributed by atoms with E-state index in [9.17, 15) is 14.7 Å². The van der Waals surface area contributed by atoms with Crippen LogP contribution in [0.5, 0.6) is 0 Å². The first-order valence-electron chi connectivity index (χ1n) is 9.46. The van der Waals surface area contributed by atoms with Gasteiger partial charge < -0.3 is 5.11 Å². The van der Waals surface area contributed by atoms with Gasteiger partial charge in [-0.05, 0) is 48.6 Å². The Balaban J connectivity index is 2.09. The molecule has 144 valence electrons. The first-order chi connectivity index (χ1) is 14.0. The molecule has 0 bridgehead atoms. The maximum atomic E-state index is 13.5. The van der Waals surface area contributed by atoms with Crippen molar-refractivity contribution in [2.75, 3.05) is 0 Å². The van der Waals surface area contributed by atoms with Gasteiger partial charge in [-0.3, -0.25) is 9.36 Å². The van der Waals surface area contributed by atoms with Gasteiger partial charge in [0.15, 0.2) is 6.04 Å². The Labute approximate surface area is 168 Å². The van der Waals surface area contributed by atoms with Crippen LogP contribution in [0.4, 0.5) is 0 Å². The number of pyridine rings is 1. The van der Waals surface area contributed by atoms with Crippen LogP contribution in [0.15, 0.2) is 83.7 Å². The molecule has 3 aromatic carbocycles. The van der Waals surface area contributed by atoms with Gasteiger partial charge >= 0.3 is 5.97 Å². The molecule has 1 atom stereocenters. The lowest BCUT2D eigenvalue weighted by molar-refractivity contribution is -0.139. The van der Waals surface area contributed by atoms with E-state index in [-0.39, 0.29) is 5.56 Å². The molecule has 1 heterocycles. The lowest BCUT2D eigenvalue weighted by atomic mass is 10.0. The molecule has 0 aliphatic carbocycles. The second-order valence-corrected chi connectivity index (χ2v) is 7.31. The number of aryl methyl sites for hydroxylation is 2. The first-order valence-corrected chi connectivity index (χ1v) is 9.46. The summed E-state index contributed by atoms with van der Waals surface area (Å²) >= 11 is 0. The molecule has 1 N–H and O–H groups in total. The number of hydrogen-bond donors (Lipinski definition) is 1. The summed E-state index contributed by atoms with van der Waals surface area (Å²) in [5.41, 5.74) is 3.72. The average Bonchev–Trinajstić information content (AvgIpc) is 2.71. The van der Waals surface area contributed by atoms with Crippen LogP contribution < -0.4 is 5.56 Å². The Morgan fingerprint density at radius 3 is 2.28 bits per heavy atom. The van der Waals surface area contributed by atoms with Crippen LogP contribution in [0.3, 0.4) is 0 Å². The summed E-state index contributed by atoms with van der Waals surface area (Å²) in [6, 6.07) is 23.1. The molecule has 29 heavy (non-hydrogen) atoms. The molecule has 0 saturated carbocycles. The third-order valence-corrected chi connectivity index (χ3v) is 5.16. The first kappa shape index (κ1) is 18.7. The average molecular weight is 383 g/mol. The number of nitrogens with zero attached hydrogens (tertiary/aromatic N) is 1. The van der Waals surface area contributed by atoms with Crippen molar-refractivity contribution in [3.8, 4) is 11.3 Å². The number of carboxylic acids is 1. The van der Waals surface area contributed by atoms with E-state index in [1.165, 1.54) is 4.57 Å². The maximum absolute atomic E-state index is 13.5. The van der Waals surface area contributed by atoms with Crippen molar-refractivity contribution in [1.29, 1.82) is 0 Å². The molecule has 1 aromatic heterocycles. The number of hydrogen-bond acceptors (Lipinski definition) is 2. The second-order valence-electron chi connectivity index (χ2n) is 7.31. The minimum absolute atomic E-state index is 0.312. The van der Waals surface area contributed by atoms with Crippen LogP contribution in [0.25, 0.3) is 22.0 Å². The van der Waals surface area contributed by atoms with Gasteiger partial charge in [-0.25, -0.2) is 4.79 Å². The van der Waals surface area contributed by atoms with Crippen molar-refractivity contribution in [3.63, 3.8) is 0 Å². The summed E-state index contributed by atoms with van der Waals surface area (Å²) in [4.78, 5) is 25.9. The summed E-state index contributed by atoms with van der Waals surface area (Å²) in [7, 11) is 0. The van der Waals surface area contributed by atoms with Crippen molar-refractivity contribution < 1.29 is 9.90 Å². The third kappa shape index (κ3) is 3.45. The van der Waals surface area contributed by atoms with Gasteiger partial charge in [0.05, 0.1) is 5.69 Å². The third-order valence-electron chi connectivity index (χ3n) is 5.16. The van der Waals surface area contributed by atoms with Gasteiger partial charge in [-0.2, -0.15) is 0 Å². The standard InChI is InChI=1S/C25H21NO3/c1-16-10-12-18(13-11-16)23(25(28)29)26-22(20-8-5-6-17(2)14-20)15-19-7-3-4-9-21(19)24(26)27/h3-15,23H,1-2H3,(H,28,29). The second kappa shape index (κ2) is 7.40. The van der Waals surface area contributed by atoms with E-state index >= 15 is 0 Å². The van der Waals surface area contributed by atoms with Gasteiger partial charge in [0, 0.05) is 5.39 Å². The van der Waals surface area contributed by atoms with E-state index in [0.717, 1.165) is 22.1 Å². The van der Waals surface area contributed by atoms with Crippen LogP contribution in [-0.2, 0) is 4.79 Å². The number of carbonyl (C=O) groups is 1. The van der Waals surface area contributed by atoms with Gasteiger partial charge in [-0.1, -0.05) is 71.8 Å². The molecule has 0 saturated heterocycles. The largest absolute Gasteiger partial charge is 0.479 e. The number of benzene rings is 3. The lowest BCUT2D eigenvalue weighted by Gasteiger charge is -2.22. The van der Waals surface area contributed by atoms with Crippen molar-refractivity contribution >= 4 is 16.7 Å². The Hall–Kier alpha value is -3.66. The van der Waals surface area contributed by atoms with Gasteiger partial charge in [-0.15, -0.1) is 0 Å². The Morgan fingerprint density at radius 1 is 0.862 bits per heavy atom. The van der Waals surface area contributed by atoms with E-state index in [1.807, 2.05) is 68.4 Å². The quantitative estimate of drug-likeness (QED) is 0.542. The van der Waals surface area contributed by atoms with E-state index in [0.29, 0.717) is 16.6 Å². The smallest absolute Gasteiger partial charge is 0.331 e. The zero-order valence-electron chi connectivity index (χ0n) is 16.3. The lowest BCUT2D eigenvalue weighted by Crippen LogP contribution is -2.32. The highest BCUT2D eigenvalue weighted by Crippen LogP contribution is 2.29. The van der Waals surface area contributed by atoms with Crippen molar-refractivity contribution in [2.24, 2.45) is 0 Å². The van der Waals surface area contributed by atoms with Crippen LogP contribution >= 0.6 is 0 Å². The molecule has 0 aliphatic rings. The molecule has 4 heteroatoms. The van der Waals surface area contributed by atoms with E-state index in [4.69, 9.17) is 0 Å². The topological polar surface area (TPSA) is 59.3 Å². The molecule has 0 aliphatic heterocycles. The molecule has 0 spiro atoms. The fourth-order valence-electron chi connectivity index (χ4n) is 3.71. The van der Waals surface area contributed by atoms with Crippen LogP contribution in [0.1, 0.15) is 22.7 Å². The van der Waals surface area contributed by atoms with Gasteiger partial charge in [0.25, 0.3) is 5.56 Å². The number of fused-ring (bicyclic) bond motifs is 1. The van der Waals surface area contributed by atoms with E-state index < -0.39 is 12.0 Å². The molecule has 4 aromatic rings. The van der Waals surface area contributed by atoms with E-state index in [1.54, 1.807) is 24.3 Å². The van der Waals surface area contributed by atoms with Crippen molar-refractivity contribution in [1.82, 2.24) is 4.57 Å². The molecular weight excluding hydrogens is 362 g/mol. The number of carboxylic acid groups (broad SMARTS) is 1. The summed E-state index contributed by atoms with van der Waals surface area (Å²) < 4.78 is 1.41. The minimum Gasteiger partial charge on any atom is -0.479 e. The Kier molecular flexibility index (Phi) is 4.77. The predicted molar refractivity (Wildman–Crippen MR) is 115 cm³/mol. The van der Waals surface area contributed by atoms with Crippen LogP contribution in [-0.4, -0.2) is 15.6 Å². The molecule has 4 rings (SSSR count). The molecule has 4 nitrogen and oxygen atoms in total. The fraction of sp³-hybridized carbons (Fsp3) is 0.120. The summed E-state index contributed by atoms with van der Waals surface area (Å²) in [5, 5.41) is 11.4. The monoisotopic (exact) mass is 383 g/mol. The SMILES string of the molecule is Cc1ccc(C(C(=O)O)n2c(-c3cccc(C)c3)cc3ccccc3c2=O)cc1. The van der Waals surface area contributed by atoms with E-state index in [2.05, 4.69) is 0 Å². The number of aromatic nitrogens is 1. The number of aliphatic carboxylic acids is 1. The highest BCUT2D eigenvalue weighted by atomic mass is 16.4. The summed E-state index contributed by atoms with van der Waals surface area (Å²) in [6.45, 7) is 3.92. The molecule has 1 unspecified atom stereocenters. The molecule has 0 fully saturated rings. The highest BCUT2D eigenvalue weighted by molar-refractivity contribution is 5.87. The molecular formula is C25H21NO3. The van der Waals surface area contributed by atoms with Crippen LogP contribution in [0.2, 0.25) is 0 Å². The zero-order valence-corrected chi connectivity index (χ0v) is 16.3. The highest BCUT2D eigenvalue weighted by Gasteiger charge is 2.27. The van der Waals surface area contributed by atoms with Gasteiger partial charge in [0.1, 0.15) is 0 Å². The van der Waals surface area contributed by atoms with Gasteiger partial charge in [0.2, 0.25) is 0 Å². The molecule has 0 amide bonds. The predicted octanol–water partition coefficient (Wildman–Crippen LogP) is 4.96. The summed E-state index contributed by atoms with van der Waals surface area (Å²) in [5.74, 6) is -1.07. The summed E-state index contributed by atoms with van der Waals surface area (Å²) in [6.07, 6.45) is 0. The minimum atomic E-state index is -1.12. The normalized spacial score (nSPS) is 12.1.